The number of hydrogen-bond donors (Lipinski definition) is 1. The van der Waals surface area contributed by atoms with Crippen LogP contribution in [0.5, 0.6) is 0 Å². The van der Waals surface area contributed by atoms with Crippen LogP contribution in [0.4, 0.5) is 0 Å². The Hall–Kier alpha value is -1.92. The number of ether oxygens (including phenoxy) is 1. The van der Waals surface area contributed by atoms with Crippen molar-refractivity contribution < 1.29 is 14.6 Å². The van der Waals surface area contributed by atoms with Gasteiger partial charge >= 0.3 is 5.97 Å². The Bertz CT molecular complexity index is 638. The summed E-state index contributed by atoms with van der Waals surface area (Å²) in [7, 11) is 0. The molecule has 106 valence electrons. The molecule has 0 spiro atoms. The lowest BCUT2D eigenvalue weighted by atomic mass is 10.2. The fraction of sp³-hybridized carbons (Fsp3) is 0.429. The van der Waals surface area contributed by atoms with E-state index in [1.165, 1.54) is 0 Å². The van der Waals surface area contributed by atoms with Crippen molar-refractivity contribution in [3.63, 3.8) is 0 Å². The molecule has 0 aliphatic carbocycles. The van der Waals surface area contributed by atoms with Gasteiger partial charge in [-0.1, -0.05) is 6.07 Å². The third-order valence-electron chi connectivity index (χ3n) is 3.62. The molecule has 1 fully saturated rings. The molecule has 3 rings (SSSR count). The number of aryl methyl sites for hydroxylation is 1. The number of rotatable bonds is 3. The quantitative estimate of drug-likeness (QED) is 0.902. The average Bonchev–Trinajstić information content (AvgIpc) is 2.83. The number of aromatic nitrogens is 2. The van der Waals surface area contributed by atoms with Crippen molar-refractivity contribution in [3.8, 4) is 0 Å². The molecule has 1 saturated heterocycles. The summed E-state index contributed by atoms with van der Waals surface area (Å²) in [5.41, 5.74) is 2.91. The molecule has 20 heavy (non-hydrogen) atoms. The molecule has 1 atom stereocenters. The lowest BCUT2D eigenvalue weighted by molar-refractivity contribution is -0.150. The lowest BCUT2D eigenvalue weighted by Gasteiger charge is -2.32. The molecule has 0 aromatic carbocycles. The SMILES string of the molecule is Cc1cccn2cc(CN3CCOCC3C(=O)O)nc12. The first-order valence-corrected chi connectivity index (χ1v) is 6.63. The van der Waals surface area contributed by atoms with Crippen LogP contribution >= 0.6 is 0 Å². The van der Waals surface area contributed by atoms with Gasteiger partial charge in [-0.3, -0.25) is 9.69 Å². The first kappa shape index (κ1) is 13.1. The average molecular weight is 275 g/mol. The summed E-state index contributed by atoms with van der Waals surface area (Å²) in [4.78, 5) is 17.7. The van der Waals surface area contributed by atoms with Crippen LogP contribution < -0.4 is 0 Å². The molecule has 3 heterocycles. The van der Waals surface area contributed by atoms with E-state index >= 15 is 0 Å². The summed E-state index contributed by atoms with van der Waals surface area (Å²) in [6, 6.07) is 3.40. The molecule has 0 saturated carbocycles. The largest absolute Gasteiger partial charge is 0.480 e. The van der Waals surface area contributed by atoms with Gasteiger partial charge in [0.15, 0.2) is 0 Å². The summed E-state index contributed by atoms with van der Waals surface area (Å²) in [5.74, 6) is -0.843. The summed E-state index contributed by atoms with van der Waals surface area (Å²) in [6.45, 7) is 3.96. The normalized spacial score (nSPS) is 20.4. The van der Waals surface area contributed by atoms with E-state index in [4.69, 9.17) is 4.74 Å². The highest BCUT2D eigenvalue weighted by Crippen LogP contribution is 2.15. The predicted molar refractivity (Wildman–Crippen MR) is 72.6 cm³/mol. The molecule has 1 unspecified atom stereocenters. The smallest absolute Gasteiger partial charge is 0.323 e. The second kappa shape index (κ2) is 5.22. The van der Waals surface area contributed by atoms with E-state index in [0.29, 0.717) is 19.7 Å². The summed E-state index contributed by atoms with van der Waals surface area (Å²) < 4.78 is 7.21. The maximum atomic E-state index is 11.2. The highest BCUT2D eigenvalue weighted by atomic mass is 16.5. The van der Waals surface area contributed by atoms with Crippen LogP contribution in [0.15, 0.2) is 24.5 Å². The number of imidazole rings is 1. The van der Waals surface area contributed by atoms with E-state index in [0.717, 1.165) is 16.9 Å². The minimum absolute atomic E-state index is 0.238. The third kappa shape index (κ3) is 2.39. The van der Waals surface area contributed by atoms with Crippen molar-refractivity contribution in [3.05, 3.63) is 35.8 Å². The van der Waals surface area contributed by atoms with Crippen LogP contribution in [-0.2, 0) is 16.1 Å². The molecular formula is C14H17N3O3. The molecule has 6 nitrogen and oxygen atoms in total. The first-order chi connectivity index (χ1) is 9.65. The molecule has 6 heteroatoms. The standard InChI is InChI=1S/C14H17N3O3/c1-10-3-2-4-17-8-11(15-13(10)17)7-16-5-6-20-9-12(16)14(18)19/h2-4,8,12H,5-7,9H2,1H3,(H,18,19). The second-order valence-electron chi connectivity index (χ2n) is 5.05. The van der Waals surface area contributed by atoms with Gasteiger partial charge in [0.2, 0.25) is 0 Å². The van der Waals surface area contributed by atoms with E-state index in [-0.39, 0.29) is 6.61 Å². The molecule has 0 amide bonds. The minimum Gasteiger partial charge on any atom is -0.480 e. The van der Waals surface area contributed by atoms with E-state index in [2.05, 4.69) is 4.98 Å². The molecule has 1 aliphatic rings. The molecule has 1 N–H and O–H groups in total. The fourth-order valence-electron chi connectivity index (χ4n) is 2.54. The summed E-state index contributed by atoms with van der Waals surface area (Å²) in [5, 5.41) is 9.22. The van der Waals surface area contributed by atoms with Crippen molar-refractivity contribution in [2.75, 3.05) is 19.8 Å². The number of nitrogens with zero attached hydrogens (tertiary/aromatic N) is 3. The number of aliphatic carboxylic acids is 1. The van der Waals surface area contributed by atoms with Gasteiger partial charge in [0, 0.05) is 25.5 Å². The van der Waals surface area contributed by atoms with Crippen molar-refractivity contribution in [1.29, 1.82) is 0 Å². The number of carboxylic acid groups (broad SMARTS) is 1. The number of carboxylic acids is 1. The van der Waals surface area contributed by atoms with Crippen LogP contribution in [0.3, 0.4) is 0 Å². The highest BCUT2D eigenvalue weighted by molar-refractivity contribution is 5.73. The first-order valence-electron chi connectivity index (χ1n) is 6.63. The van der Waals surface area contributed by atoms with Gasteiger partial charge in [-0.05, 0) is 18.6 Å². The summed E-state index contributed by atoms with van der Waals surface area (Å²) >= 11 is 0. The Morgan fingerprint density at radius 3 is 3.20 bits per heavy atom. The molecule has 2 aromatic rings. The zero-order chi connectivity index (χ0) is 14.1. The van der Waals surface area contributed by atoms with E-state index < -0.39 is 12.0 Å². The van der Waals surface area contributed by atoms with Gasteiger partial charge in [0.25, 0.3) is 0 Å². The van der Waals surface area contributed by atoms with Crippen molar-refractivity contribution >= 4 is 11.6 Å². The maximum Gasteiger partial charge on any atom is 0.323 e. The molecule has 1 aliphatic heterocycles. The van der Waals surface area contributed by atoms with Crippen LogP contribution in [0.1, 0.15) is 11.3 Å². The van der Waals surface area contributed by atoms with Gasteiger partial charge in [0.05, 0.1) is 18.9 Å². The number of morpholine rings is 1. The summed E-state index contributed by atoms with van der Waals surface area (Å²) in [6.07, 6.45) is 3.91. The predicted octanol–water partition coefficient (Wildman–Crippen LogP) is 0.928. The van der Waals surface area contributed by atoms with Gasteiger partial charge in [-0.25, -0.2) is 4.98 Å². The topological polar surface area (TPSA) is 67.1 Å². The number of carbonyl (C=O) groups is 1. The lowest BCUT2D eigenvalue weighted by Crippen LogP contribution is -2.49. The van der Waals surface area contributed by atoms with Gasteiger partial charge in [0.1, 0.15) is 11.7 Å². The molecule has 2 aromatic heterocycles. The van der Waals surface area contributed by atoms with Crippen molar-refractivity contribution in [2.45, 2.75) is 19.5 Å². The Morgan fingerprint density at radius 2 is 2.45 bits per heavy atom. The van der Waals surface area contributed by atoms with Crippen LogP contribution in [0.25, 0.3) is 5.65 Å². The van der Waals surface area contributed by atoms with Gasteiger partial charge in [-0.15, -0.1) is 0 Å². The zero-order valence-electron chi connectivity index (χ0n) is 11.3. The zero-order valence-corrected chi connectivity index (χ0v) is 11.3. The second-order valence-corrected chi connectivity index (χ2v) is 5.05. The van der Waals surface area contributed by atoms with Gasteiger partial charge < -0.3 is 14.2 Å². The Labute approximate surface area is 116 Å². The van der Waals surface area contributed by atoms with E-state index in [9.17, 15) is 9.90 Å². The fourth-order valence-corrected chi connectivity index (χ4v) is 2.54. The Kier molecular flexibility index (Phi) is 3.42. The van der Waals surface area contributed by atoms with Gasteiger partial charge in [-0.2, -0.15) is 0 Å². The monoisotopic (exact) mass is 275 g/mol. The van der Waals surface area contributed by atoms with Crippen LogP contribution in [0.2, 0.25) is 0 Å². The van der Waals surface area contributed by atoms with E-state index in [1.807, 2.05) is 40.8 Å². The maximum absolute atomic E-state index is 11.2. The highest BCUT2D eigenvalue weighted by Gasteiger charge is 2.29. The molecule has 0 radical (unpaired) electrons. The third-order valence-corrected chi connectivity index (χ3v) is 3.62. The Balaban J connectivity index is 1.84. The van der Waals surface area contributed by atoms with Crippen molar-refractivity contribution in [2.24, 2.45) is 0 Å². The molecular weight excluding hydrogens is 258 g/mol. The van der Waals surface area contributed by atoms with Crippen molar-refractivity contribution in [1.82, 2.24) is 14.3 Å². The van der Waals surface area contributed by atoms with Crippen LogP contribution in [0, 0.1) is 6.92 Å². The van der Waals surface area contributed by atoms with Crippen LogP contribution in [-0.4, -0.2) is 51.2 Å². The number of fused-ring (bicyclic) bond motifs is 1. The molecule has 0 bridgehead atoms. The number of pyridine rings is 1. The van der Waals surface area contributed by atoms with E-state index in [1.54, 1.807) is 0 Å². The Morgan fingerprint density at radius 1 is 1.60 bits per heavy atom. The minimum atomic E-state index is -0.843. The number of hydrogen-bond acceptors (Lipinski definition) is 4.